The van der Waals surface area contributed by atoms with Gasteiger partial charge in [0.05, 0.1) is 22.7 Å². The zero-order valence-electron chi connectivity index (χ0n) is 16.2. The molecule has 0 saturated heterocycles. The van der Waals surface area contributed by atoms with Gasteiger partial charge in [0.2, 0.25) is 0 Å². The minimum Gasteiger partial charge on any atom is -0.493 e. The predicted molar refractivity (Wildman–Crippen MR) is 119 cm³/mol. The number of imidazole rings is 1. The molecule has 148 valence electrons. The Morgan fingerprint density at radius 2 is 1.80 bits per heavy atom. The standard InChI is InChI=1S/C24H18N2O3S/c1-28-20-12-11-17(13-21(20)29-15-16-7-3-2-4-8-16)14-22-23(27)26-19-10-6-5-9-18(19)25-24(26)30-22/h2-14H,15H2,1H3/b22-14+. The molecule has 0 N–H and O–H groups in total. The lowest BCUT2D eigenvalue weighted by atomic mass is 10.2. The van der Waals surface area contributed by atoms with Gasteiger partial charge in [-0.15, -0.1) is 0 Å². The Bertz CT molecular complexity index is 1450. The largest absolute Gasteiger partial charge is 0.493 e. The average Bonchev–Trinajstić information content (AvgIpc) is 3.29. The van der Waals surface area contributed by atoms with E-state index in [4.69, 9.17) is 9.47 Å². The lowest BCUT2D eigenvalue weighted by Crippen LogP contribution is -2.22. The molecule has 0 spiro atoms. The third-order valence-electron chi connectivity index (χ3n) is 4.87. The Balaban J connectivity index is 1.53. The second-order valence-corrected chi connectivity index (χ2v) is 7.83. The summed E-state index contributed by atoms with van der Waals surface area (Å²) in [6.45, 7) is 0.437. The van der Waals surface area contributed by atoms with E-state index in [2.05, 4.69) is 4.98 Å². The smallest absolute Gasteiger partial charge is 0.274 e. The first-order valence-corrected chi connectivity index (χ1v) is 10.3. The molecule has 0 atom stereocenters. The van der Waals surface area contributed by atoms with Crippen LogP contribution in [-0.2, 0) is 6.61 Å². The van der Waals surface area contributed by atoms with Crippen LogP contribution in [0, 0.1) is 0 Å². The molecule has 0 fully saturated rings. The first-order chi connectivity index (χ1) is 14.7. The van der Waals surface area contributed by atoms with Crippen molar-refractivity contribution in [2.75, 3.05) is 7.11 Å². The third kappa shape index (κ3) is 3.31. The van der Waals surface area contributed by atoms with E-state index in [1.54, 1.807) is 11.5 Å². The number of hydrogen-bond donors (Lipinski definition) is 0. The molecule has 2 heterocycles. The first-order valence-electron chi connectivity index (χ1n) is 9.49. The number of fused-ring (bicyclic) bond motifs is 3. The van der Waals surface area contributed by atoms with Gasteiger partial charge in [0.25, 0.3) is 5.56 Å². The molecule has 6 heteroatoms. The summed E-state index contributed by atoms with van der Waals surface area (Å²) in [5.74, 6) is 1.28. The summed E-state index contributed by atoms with van der Waals surface area (Å²) in [5.41, 5.74) is 3.53. The zero-order valence-corrected chi connectivity index (χ0v) is 17.1. The van der Waals surface area contributed by atoms with E-state index in [-0.39, 0.29) is 5.56 Å². The molecule has 2 aromatic heterocycles. The van der Waals surface area contributed by atoms with Gasteiger partial charge in [-0.25, -0.2) is 9.38 Å². The fraction of sp³-hybridized carbons (Fsp3) is 0.0833. The molecule has 30 heavy (non-hydrogen) atoms. The Morgan fingerprint density at radius 3 is 2.63 bits per heavy atom. The Morgan fingerprint density at radius 1 is 1.00 bits per heavy atom. The SMILES string of the molecule is COc1ccc(/C=c2/sc3nc4ccccc4n3c2=O)cc1OCc1ccccc1. The number of ether oxygens (including phenoxy) is 2. The molecule has 0 saturated carbocycles. The van der Waals surface area contributed by atoms with E-state index in [1.165, 1.54) is 11.3 Å². The number of aromatic nitrogens is 2. The number of methoxy groups -OCH3 is 1. The minimum atomic E-state index is -0.0636. The van der Waals surface area contributed by atoms with Crippen molar-refractivity contribution in [2.45, 2.75) is 6.61 Å². The molecule has 0 radical (unpaired) electrons. The molecule has 5 nitrogen and oxygen atoms in total. The molecular weight excluding hydrogens is 396 g/mol. The number of rotatable bonds is 5. The second-order valence-electron chi connectivity index (χ2n) is 6.82. The molecule has 5 aromatic rings. The summed E-state index contributed by atoms with van der Waals surface area (Å²) in [6.07, 6.45) is 1.87. The molecule has 0 unspecified atom stereocenters. The van der Waals surface area contributed by atoms with Crippen molar-refractivity contribution in [1.82, 2.24) is 9.38 Å². The van der Waals surface area contributed by atoms with Crippen LogP contribution in [0.15, 0.2) is 77.6 Å². The number of benzene rings is 3. The fourth-order valence-corrected chi connectivity index (χ4v) is 4.38. The summed E-state index contributed by atoms with van der Waals surface area (Å²) >= 11 is 1.38. The Kier molecular flexibility index (Phi) is 4.69. The van der Waals surface area contributed by atoms with Crippen LogP contribution >= 0.6 is 11.3 Å². The van der Waals surface area contributed by atoms with Gasteiger partial charge < -0.3 is 9.47 Å². The maximum Gasteiger partial charge on any atom is 0.274 e. The third-order valence-corrected chi connectivity index (χ3v) is 5.84. The highest BCUT2D eigenvalue weighted by Crippen LogP contribution is 2.29. The number of para-hydroxylation sites is 2. The summed E-state index contributed by atoms with van der Waals surface area (Å²) in [4.78, 5) is 18.2. The predicted octanol–water partition coefficient (Wildman–Crippen LogP) is 4.04. The molecular formula is C24H18N2O3S. The van der Waals surface area contributed by atoms with Crippen molar-refractivity contribution >= 4 is 33.4 Å². The minimum absolute atomic E-state index is 0.0636. The van der Waals surface area contributed by atoms with Crippen molar-refractivity contribution in [1.29, 1.82) is 0 Å². The van der Waals surface area contributed by atoms with E-state index < -0.39 is 0 Å². The monoisotopic (exact) mass is 414 g/mol. The van der Waals surface area contributed by atoms with Gasteiger partial charge in [0, 0.05) is 0 Å². The quantitative estimate of drug-likeness (QED) is 0.436. The fourth-order valence-electron chi connectivity index (χ4n) is 3.39. The normalized spacial score (nSPS) is 12.0. The van der Waals surface area contributed by atoms with Gasteiger partial charge in [-0.2, -0.15) is 0 Å². The highest BCUT2D eigenvalue weighted by molar-refractivity contribution is 7.15. The molecule has 3 aromatic carbocycles. The van der Waals surface area contributed by atoms with Crippen molar-refractivity contribution < 1.29 is 9.47 Å². The van der Waals surface area contributed by atoms with Crippen LogP contribution in [0.4, 0.5) is 0 Å². The van der Waals surface area contributed by atoms with Crippen molar-refractivity contribution in [3.63, 3.8) is 0 Å². The zero-order chi connectivity index (χ0) is 20.5. The van der Waals surface area contributed by atoms with Crippen LogP contribution in [0.3, 0.4) is 0 Å². The summed E-state index contributed by atoms with van der Waals surface area (Å²) in [7, 11) is 1.61. The van der Waals surface area contributed by atoms with Crippen LogP contribution in [-0.4, -0.2) is 16.5 Å². The van der Waals surface area contributed by atoms with Crippen LogP contribution in [0.2, 0.25) is 0 Å². The van der Waals surface area contributed by atoms with Crippen molar-refractivity contribution in [3.8, 4) is 11.5 Å². The number of nitrogens with zero attached hydrogens (tertiary/aromatic N) is 2. The van der Waals surface area contributed by atoms with Crippen LogP contribution < -0.4 is 19.6 Å². The molecule has 0 bridgehead atoms. The van der Waals surface area contributed by atoms with Gasteiger partial charge in [-0.1, -0.05) is 59.9 Å². The molecule has 0 aliphatic carbocycles. The average molecular weight is 414 g/mol. The molecule has 5 rings (SSSR count). The topological polar surface area (TPSA) is 52.8 Å². The van der Waals surface area contributed by atoms with E-state index in [9.17, 15) is 4.79 Å². The van der Waals surface area contributed by atoms with Crippen molar-refractivity contribution in [2.24, 2.45) is 0 Å². The lowest BCUT2D eigenvalue weighted by molar-refractivity contribution is 0.284. The second kappa shape index (κ2) is 7.65. The van der Waals surface area contributed by atoms with Gasteiger partial charge >= 0.3 is 0 Å². The van der Waals surface area contributed by atoms with E-state index in [0.717, 1.165) is 22.2 Å². The van der Waals surface area contributed by atoms with E-state index in [0.29, 0.717) is 27.6 Å². The number of hydrogen-bond acceptors (Lipinski definition) is 5. The Labute approximate surface area is 176 Å². The lowest BCUT2D eigenvalue weighted by Gasteiger charge is -2.11. The van der Waals surface area contributed by atoms with Crippen LogP contribution in [0.25, 0.3) is 22.1 Å². The van der Waals surface area contributed by atoms with Crippen molar-refractivity contribution in [3.05, 3.63) is 98.8 Å². The van der Waals surface area contributed by atoms with Crippen LogP contribution in [0.5, 0.6) is 11.5 Å². The highest BCUT2D eigenvalue weighted by Gasteiger charge is 2.11. The summed E-state index contributed by atoms with van der Waals surface area (Å²) < 4.78 is 13.7. The van der Waals surface area contributed by atoms with Gasteiger partial charge in [-0.05, 0) is 41.5 Å². The highest BCUT2D eigenvalue weighted by atomic mass is 32.1. The number of thiazole rings is 1. The van der Waals surface area contributed by atoms with Gasteiger partial charge in [0.1, 0.15) is 6.61 Å². The molecule has 0 aliphatic rings. The first kappa shape index (κ1) is 18.4. The van der Waals surface area contributed by atoms with E-state index in [1.807, 2.05) is 78.9 Å². The molecule has 0 amide bonds. The van der Waals surface area contributed by atoms with Gasteiger partial charge in [-0.3, -0.25) is 4.79 Å². The maximum absolute atomic E-state index is 13.0. The Hall–Kier alpha value is -3.64. The summed E-state index contributed by atoms with van der Waals surface area (Å²) in [5, 5.41) is 0. The van der Waals surface area contributed by atoms with Gasteiger partial charge in [0.15, 0.2) is 16.5 Å². The van der Waals surface area contributed by atoms with E-state index >= 15 is 0 Å². The summed E-state index contributed by atoms with van der Waals surface area (Å²) in [6, 6.07) is 23.3. The maximum atomic E-state index is 13.0. The van der Waals surface area contributed by atoms with Crippen LogP contribution in [0.1, 0.15) is 11.1 Å². The molecule has 0 aliphatic heterocycles.